The molecule has 0 saturated carbocycles. The summed E-state index contributed by atoms with van der Waals surface area (Å²) >= 11 is 1.77. The maximum absolute atomic E-state index is 11.7. The number of thiophene rings is 1. The van der Waals surface area contributed by atoms with Gasteiger partial charge in [0, 0.05) is 16.2 Å². The highest BCUT2D eigenvalue weighted by Crippen LogP contribution is 2.16. The number of hydrogen-bond acceptors (Lipinski definition) is 3. The van der Waals surface area contributed by atoms with Crippen molar-refractivity contribution in [2.75, 3.05) is 6.54 Å². The van der Waals surface area contributed by atoms with E-state index in [0.29, 0.717) is 25.4 Å². The van der Waals surface area contributed by atoms with Gasteiger partial charge in [-0.25, -0.2) is 0 Å². The average Bonchev–Trinajstić information content (AvgIpc) is 2.81. The van der Waals surface area contributed by atoms with Crippen LogP contribution in [0.3, 0.4) is 0 Å². The van der Waals surface area contributed by atoms with Crippen LogP contribution in [-0.2, 0) is 17.8 Å². The van der Waals surface area contributed by atoms with Crippen LogP contribution in [0.1, 0.15) is 36.4 Å². The van der Waals surface area contributed by atoms with E-state index in [9.17, 15) is 4.79 Å². The van der Waals surface area contributed by atoms with Crippen molar-refractivity contribution in [1.82, 2.24) is 5.32 Å². The molecule has 0 aliphatic heterocycles. The number of nitrogens with two attached hydrogens (primary N) is 1. The van der Waals surface area contributed by atoms with Gasteiger partial charge in [-0.15, -0.1) is 11.3 Å². The summed E-state index contributed by atoms with van der Waals surface area (Å²) in [5.74, 6) is 0.415. The monoisotopic (exact) mass is 254 g/mol. The molecule has 1 aromatic rings. The van der Waals surface area contributed by atoms with E-state index in [1.54, 1.807) is 11.3 Å². The molecule has 1 aromatic heterocycles. The van der Waals surface area contributed by atoms with Crippen molar-refractivity contribution in [2.24, 2.45) is 11.7 Å². The van der Waals surface area contributed by atoms with Gasteiger partial charge in [0.1, 0.15) is 0 Å². The highest BCUT2D eigenvalue weighted by atomic mass is 32.1. The fraction of sp³-hybridized carbons (Fsp3) is 0.615. The molecule has 0 spiro atoms. The Bertz CT molecular complexity index is 345. The lowest BCUT2D eigenvalue weighted by Gasteiger charge is -2.11. The first kappa shape index (κ1) is 14.2. The summed E-state index contributed by atoms with van der Waals surface area (Å²) in [6.07, 6.45) is 2.56. The maximum Gasteiger partial charge on any atom is 0.220 e. The van der Waals surface area contributed by atoms with E-state index >= 15 is 0 Å². The van der Waals surface area contributed by atoms with Gasteiger partial charge in [-0.2, -0.15) is 0 Å². The first-order chi connectivity index (χ1) is 8.19. The lowest BCUT2D eigenvalue weighted by atomic mass is 10.0. The zero-order chi connectivity index (χ0) is 12.7. The second-order valence-corrected chi connectivity index (χ2v) is 5.47. The van der Waals surface area contributed by atoms with Crippen LogP contribution in [0, 0.1) is 5.92 Å². The molecular formula is C13H22N2OS. The van der Waals surface area contributed by atoms with Crippen molar-refractivity contribution < 1.29 is 4.79 Å². The zero-order valence-corrected chi connectivity index (χ0v) is 11.5. The van der Waals surface area contributed by atoms with Crippen LogP contribution in [0.5, 0.6) is 0 Å². The Kier molecular flexibility index (Phi) is 6.22. The molecule has 0 aliphatic carbocycles. The van der Waals surface area contributed by atoms with Crippen LogP contribution in [0.25, 0.3) is 0 Å². The van der Waals surface area contributed by atoms with Crippen molar-refractivity contribution >= 4 is 17.2 Å². The quantitative estimate of drug-likeness (QED) is 0.784. The molecule has 4 heteroatoms. The minimum atomic E-state index is 0.105. The van der Waals surface area contributed by atoms with Crippen molar-refractivity contribution in [3.63, 3.8) is 0 Å². The third kappa shape index (κ3) is 4.88. The number of aryl methyl sites for hydroxylation is 1. The molecule has 1 heterocycles. The fourth-order valence-electron chi connectivity index (χ4n) is 1.62. The molecule has 3 N–H and O–H groups in total. The molecule has 0 saturated heterocycles. The molecule has 0 fully saturated rings. The summed E-state index contributed by atoms with van der Waals surface area (Å²) in [6.45, 7) is 5.44. The van der Waals surface area contributed by atoms with E-state index in [1.165, 1.54) is 9.75 Å². The summed E-state index contributed by atoms with van der Waals surface area (Å²) in [5, 5.41) is 2.95. The number of carbonyl (C=O) groups is 1. The van der Waals surface area contributed by atoms with Gasteiger partial charge in [-0.3, -0.25) is 4.79 Å². The second-order valence-electron chi connectivity index (χ2n) is 4.21. The molecule has 3 nitrogen and oxygen atoms in total. The smallest absolute Gasteiger partial charge is 0.220 e. The molecule has 1 rings (SSSR count). The van der Waals surface area contributed by atoms with Crippen molar-refractivity contribution in [3.8, 4) is 0 Å². The zero-order valence-electron chi connectivity index (χ0n) is 10.7. The Morgan fingerprint density at radius 3 is 2.65 bits per heavy atom. The van der Waals surface area contributed by atoms with E-state index in [0.717, 1.165) is 12.8 Å². The van der Waals surface area contributed by atoms with Crippen LogP contribution < -0.4 is 11.1 Å². The predicted octanol–water partition coefficient (Wildman–Crippen LogP) is 2.30. The molecule has 1 unspecified atom stereocenters. The van der Waals surface area contributed by atoms with E-state index in [2.05, 4.69) is 31.3 Å². The molecule has 0 aliphatic rings. The minimum Gasteiger partial charge on any atom is -0.351 e. The van der Waals surface area contributed by atoms with Gasteiger partial charge in [0.15, 0.2) is 0 Å². The van der Waals surface area contributed by atoms with Crippen LogP contribution in [0.4, 0.5) is 0 Å². The number of rotatable bonds is 7. The Labute approximate surface area is 107 Å². The Balaban J connectivity index is 2.32. The van der Waals surface area contributed by atoms with Gasteiger partial charge in [0.05, 0.1) is 6.54 Å². The summed E-state index contributed by atoms with van der Waals surface area (Å²) in [4.78, 5) is 14.2. The lowest BCUT2D eigenvalue weighted by Crippen LogP contribution is -2.27. The van der Waals surface area contributed by atoms with Crippen LogP contribution >= 0.6 is 11.3 Å². The van der Waals surface area contributed by atoms with Gasteiger partial charge in [-0.05, 0) is 31.0 Å². The highest BCUT2D eigenvalue weighted by molar-refractivity contribution is 7.11. The Morgan fingerprint density at radius 1 is 1.41 bits per heavy atom. The van der Waals surface area contributed by atoms with E-state index in [4.69, 9.17) is 5.73 Å². The molecule has 0 aromatic carbocycles. The predicted molar refractivity (Wildman–Crippen MR) is 73.0 cm³/mol. The van der Waals surface area contributed by atoms with Crippen molar-refractivity contribution in [3.05, 3.63) is 21.9 Å². The Morgan fingerprint density at radius 2 is 2.12 bits per heavy atom. The molecule has 1 amide bonds. The van der Waals surface area contributed by atoms with E-state index in [1.807, 2.05) is 0 Å². The summed E-state index contributed by atoms with van der Waals surface area (Å²) < 4.78 is 0. The Hall–Kier alpha value is -0.870. The number of hydrogen-bond donors (Lipinski definition) is 2. The van der Waals surface area contributed by atoms with E-state index in [-0.39, 0.29) is 5.91 Å². The topological polar surface area (TPSA) is 55.1 Å². The van der Waals surface area contributed by atoms with Crippen LogP contribution in [-0.4, -0.2) is 12.5 Å². The van der Waals surface area contributed by atoms with Gasteiger partial charge in [0.25, 0.3) is 0 Å². The summed E-state index contributed by atoms with van der Waals surface area (Å²) in [7, 11) is 0. The third-order valence-corrected chi connectivity index (χ3v) is 4.14. The van der Waals surface area contributed by atoms with Gasteiger partial charge in [-0.1, -0.05) is 20.3 Å². The SMILES string of the molecule is CCc1ccc(CNC(=O)CC(CC)CN)s1. The van der Waals surface area contributed by atoms with Gasteiger partial charge >= 0.3 is 0 Å². The van der Waals surface area contributed by atoms with Crippen LogP contribution in [0.2, 0.25) is 0 Å². The largest absolute Gasteiger partial charge is 0.351 e. The summed E-state index contributed by atoms with van der Waals surface area (Å²) in [5.41, 5.74) is 5.58. The van der Waals surface area contributed by atoms with E-state index < -0.39 is 0 Å². The first-order valence-electron chi connectivity index (χ1n) is 6.23. The first-order valence-corrected chi connectivity index (χ1v) is 7.05. The normalized spacial score (nSPS) is 12.4. The number of amides is 1. The third-order valence-electron chi connectivity index (χ3n) is 2.91. The average molecular weight is 254 g/mol. The maximum atomic E-state index is 11.7. The number of carbonyl (C=O) groups excluding carboxylic acids is 1. The van der Waals surface area contributed by atoms with Crippen LogP contribution in [0.15, 0.2) is 12.1 Å². The molecule has 0 bridgehead atoms. The van der Waals surface area contributed by atoms with Crippen molar-refractivity contribution in [2.45, 2.75) is 39.7 Å². The summed E-state index contributed by atoms with van der Waals surface area (Å²) in [6, 6.07) is 4.21. The molecule has 17 heavy (non-hydrogen) atoms. The fourth-order valence-corrected chi connectivity index (χ4v) is 2.52. The van der Waals surface area contributed by atoms with Crippen molar-refractivity contribution in [1.29, 1.82) is 0 Å². The molecule has 0 radical (unpaired) electrons. The van der Waals surface area contributed by atoms with Gasteiger partial charge < -0.3 is 11.1 Å². The highest BCUT2D eigenvalue weighted by Gasteiger charge is 2.10. The van der Waals surface area contributed by atoms with Gasteiger partial charge in [0.2, 0.25) is 5.91 Å². The standard InChI is InChI=1S/C13H22N2OS/c1-3-10(8-14)7-13(16)15-9-12-6-5-11(4-2)17-12/h5-6,10H,3-4,7-9,14H2,1-2H3,(H,15,16). The molecule has 1 atom stereocenters. The molecule has 96 valence electrons. The lowest BCUT2D eigenvalue weighted by molar-refractivity contribution is -0.122. The second kappa shape index (κ2) is 7.45. The minimum absolute atomic E-state index is 0.105. The number of nitrogens with one attached hydrogen (secondary N) is 1. The molecular weight excluding hydrogens is 232 g/mol.